The van der Waals surface area contributed by atoms with Crippen LogP contribution >= 0.6 is 0 Å². The summed E-state index contributed by atoms with van der Waals surface area (Å²) in [6, 6.07) is 1.17. The van der Waals surface area contributed by atoms with E-state index >= 15 is 0 Å². The molecule has 1 atom stereocenters. The second-order valence-corrected chi connectivity index (χ2v) is 4.55. The highest BCUT2D eigenvalue weighted by Gasteiger charge is 2.58. The average molecular weight is 299 g/mol. The third-order valence-corrected chi connectivity index (χ3v) is 3.17. The van der Waals surface area contributed by atoms with Crippen molar-refractivity contribution in [2.45, 2.75) is 24.6 Å². The van der Waals surface area contributed by atoms with Gasteiger partial charge in [0.1, 0.15) is 0 Å². The summed E-state index contributed by atoms with van der Waals surface area (Å²) in [5.74, 6) is -6.06. The van der Waals surface area contributed by atoms with Crippen molar-refractivity contribution in [3.8, 4) is 5.75 Å². The van der Waals surface area contributed by atoms with Crippen LogP contribution in [0.5, 0.6) is 5.75 Å². The molecule has 1 heterocycles. The molecule has 0 saturated carbocycles. The topological polar surface area (TPSA) is 21.3 Å². The molecule has 0 aromatic heterocycles. The van der Waals surface area contributed by atoms with Crippen molar-refractivity contribution in [2.75, 3.05) is 13.1 Å². The molecule has 1 N–H and O–H groups in total. The van der Waals surface area contributed by atoms with Crippen molar-refractivity contribution in [3.63, 3.8) is 0 Å². The quantitative estimate of drug-likeness (QED) is 0.669. The van der Waals surface area contributed by atoms with Crippen LogP contribution in [-0.4, -0.2) is 24.9 Å². The van der Waals surface area contributed by atoms with E-state index in [0.29, 0.717) is 18.7 Å². The van der Waals surface area contributed by atoms with Gasteiger partial charge in [-0.25, -0.2) is 8.78 Å². The fraction of sp³-hybridized carbons (Fsp3) is 0.500. The lowest BCUT2D eigenvalue weighted by Crippen LogP contribution is -2.59. The van der Waals surface area contributed by atoms with Gasteiger partial charge in [-0.1, -0.05) is 0 Å². The first-order valence-corrected chi connectivity index (χ1v) is 5.87. The van der Waals surface area contributed by atoms with Crippen LogP contribution < -0.4 is 10.1 Å². The molecular formula is C12H11F6NO. The molecule has 1 aromatic carbocycles. The lowest BCUT2D eigenvalue weighted by molar-refractivity contribution is -0.253. The molecule has 1 saturated heterocycles. The second-order valence-electron chi connectivity index (χ2n) is 4.55. The SMILES string of the molecule is Fc1ccc(OC2(C(F)(F)F)CCCNC2)c(F)c1F. The highest BCUT2D eigenvalue weighted by atomic mass is 19.4. The first-order chi connectivity index (χ1) is 9.27. The van der Waals surface area contributed by atoms with E-state index in [4.69, 9.17) is 4.74 Å². The first kappa shape index (κ1) is 15.0. The average Bonchev–Trinajstić information content (AvgIpc) is 2.39. The van der Waals surface area contributed by atoms with Crippen molar-refractivity contribution in [1.29, 1.82) is 0 Å². The normalized spacial score (nSPS) is 23.7. The molecule has 1 aliphatic heterocycles. The van der Waals surface area contributed by atoms with Crippen LogP contribution in [0.2, 0.25) is 0 Å². The Labute approximate surface area is 110 Å². The van der Waals surface area contributed by atoms with Gasteiger partial charge >= 0.3 is 6.18 Å². The van der Waals surface area contributed by atoms with Crippen LogP contribution in [0.1, 0.15) is 12.8 Å². The van der Waals surface area contributed by atoms with Crippen LogP contribution in [0.4, 0.5) is 26.3 Å². The molecule has 1 aromatic rings. The number of hydrogen-bond donors (Lipinski definition) is 1. The van der Waals surface area contributed by atoms with E-state index in [2.05, 4.69) is 5.32 Å². The van der Waals surface area contributed by atoms with Gasteiger partial charge in [-0.15, -0.1) is 0 Å². The Balaban J connectivity index is 2.36. The summed E-state index contributed by atoms with van der Waals surface area (Å²) in [7, 11) is 0. The Morgan fingerprint density at radius 1 is 1.10 bits per heavy atom. The van der Waals surface area contributed by atoms with Crippen molar-refractivity contribution in [2.24, 2.45) is 0 Å². The molecule has 1 aliphatic rings. The van der Waals surface area contributed by atoms with Gasteiger partial charge in [-0.05, 0) is 31.5 Å². The standard InChI is InChI=1S/C12H11F6NO/c13-7-2-3-8(10(15)9(7)14)20-11(12(16,17)18)4-1-5-19-6-11/h2-3,19H,1,4-6H2. The van der Waals surface area contributed by atoms with Crippen LogP contribution in [0.15, 0.2) is 12.1 Å². The number of piperidine rings is 1. The number of benzene rings is 1. The minimum absolute atomic E-state index is 0.171. The van der Waals surface area contributed by atoms with Crippen molar-refractivity contribution >= 4 is 0 Å². The summed E-state index contributed by atoms with van der Waals surface area (Å²) in [5, 5.41) is 2.51. The lowest BCUT2D eigenvalue weighted by Gasteiger charge is -2.39. The summed E-state index contributed by atoms with van der Waals surface area (Å²) >= 11 is 0. The monoisotopic (exact) mass is 299 g/mol. The molecule has 1 unspecified atom stereocenters. The van der Waals surface area contributed by atoms with Gasteiger partial charge in [0, 0.05) is 6.54 Å². The Kier molecular flexibility index (Phi) is 3.86. The summed E-state index contributed by atoms with van der Waals surface area (Å²) in [6.45, 7) is -0.198. The molecule has 2 rings (SSSR count). The van der Waals surface area contributed by atoms with E-state index < -0.39 is 41.5 Å². The molecule has 112 valence electrons. The fourth-order valence-corrected chi connectivity index (χ4v) is 2.06. The van der Waals surface area contributed by atoms with Crippen molar-refractivity contribution in [3.05, 3.63) is 29.6 Å². The van der Waals surface area contributed by atoms with Crippen molar-refractivity contribution < 1.29 is 31.1 Å². The molecule has 0 amide bonds. The van der Waals surface area contributed by atoms with Gasteiger partial charge < -0.3 is 10.1 Å². The Morgan fingerprint density at radius 3 is 2.35 bits per heavy atom. The van der Waals surface area contributed by atoms with Gasteiger partial charge in [-0.3, -0.25) is 0 Å². The maximum Gasteiger partial charge on any atom is 0.429 e. The van der Waals surface area contributed by atoms with E-state index in [-0.39, 0.29) is 12.8 Å². The highest BCUT2D eigenvalue weighted by molar-refractivity contribution is 5.27. The van der Waals surface area contributed by atoms with E-state index in [0.717, 1.165) is 0 Å². The second kappa shape index (κ2) is 5.16. The molecular weight excluding hydrogens is 288 g/mol. The predicted molar refractivity (Wildman–Crippen MR) is 57.8 cm³/mol. The summed E-state index contributed by atoms with van der Waals surface area (Å²) in [4.78, 5) is 0. The largest absolute Gasteiger partial charge is 0.473 e. The third-order valence-electron chi connectivity index (χ3n) is 3.17. The Hall–Kier alpha value is -1.44. The lowest BCUT2D eigenvalue weighted by atomic mass is 9.93. The van der Waals surface area contributed by atoms with Crippen molar-refractivity contribution in [1.82, 2.24) is 5.32 Å². The zero-order valence-electron chi connectivity index (χ0n) is 10.2. The maximum atomic E-state index is 13.4. The van der Waals surface area contributed by atoms with Gasteiger partial charge in [0.05, 0.1) is 0 Å². The van der Waals surface area contributed by atoms with Gasteiger partial charge in [0.2, 0.25) is 11.4 Å². The molecule has 20 heavy (non-hydrogen) atoms. The number of hydrogen-bond acceptors (Lipinski definition) is 2. The van der Waals surface area contributed by atoms with E-state index in [1.165, 1.54) is 0 Å². The van der Waals surface area contributed by atoms with E-state index in [1.807, 2.05) is 0 Å². The summed E-state index contributed by atoms with van der Waals surface area (Å²) in [6.07, 6.45) is -4.98. The van der Waals surface area contributed by atoms with Gasteiger partial charge in [0.15, 0.2) is 17.4 Å². The van der Waals surface area contributed by atoms with E-state index in [9.17, 15) is 26.3 Å². The molecule has 0 aliphatic carbocycles. The predicted octanol–water partition coefficient (Wildman–Crippen LogP) is 3.17. The molecule has 8 heteroatoms. The first-order valence-electron chi connectivity index (χ1n) is 5.87. The Bertz CT molecular complexity index is 495. The summed E-state index contributed by atoms with van der Waals surface area (Å²) < 4.78 is 83.4. The van der Waals surface area contributed by atoms with Crippen LogP contribution in [0, 0.1) is 17.5 Å². The minimum Gasteiger partial charge on any atom is -0.473 e. The maximum absolute atomic E-state index is 13.4. The minimum atomic E-state index is -4.77. The number of alkyl halides is 3. The smallest absolute Gasteiger partial charge is 0.429 e. The molecule has 2 nitrogen and oxygen atoms in total. The van der Waals surface area contributed by atoms with Gasteiger partial charge in [-0.2, -0.15) is 17.6 Å². The van der Waals surface area contributed by atoms with E-state index in [1.54, 1.807) is 0 Å². The molecule has 0 bridgehead atoms. The molecule has 1 fully saturated rings. The Morgan fingerprint density at radius 2 is 1.80 bits per heavy atom. The van der Waals surface area contributed by atoms with Gasteiger partial charge in [0.25, 0.3) is 0 Å². The van der Waals surface area contributed by atoms with Crippen LogP contribution in [0.25, 0.3) is 0 Å². The number of halogens is 6. The number of ether oxygens (including phenoxy) is 1. The molecule has 0 spiro atoms. The van der Waals surface area contributed by atoms with Crippen LogP contribution in [-0.2, 0) is 0 Å². The third kappa shape index (κ3) is 2.56. The molecule has 0 radical (unpaired) electrons. The zero-order chi connectivity index (χ0) is 15.0. The number of nitrogens with one attached hydrogen (secondary N) is 1. The number of rotatable bonds is 2. The zero-order valence-corrected chi connectivity index (χ0v) is 10.2. The van der Waals surface area contributed by atoms with Crippen LogP contribution in [0.3, 0.4) is 0 Å². The fourth-order valence-electron chi connectivity index (χ4n) is 2.06. The summed E-state index contributed by atoms with van der Waals surface area (Å²) in [5.41, 5.74) is -2.64. The highest BCUT2D eigenvalue weighted by Crippen LogP contribution is 2.40.